The maximum absolute atomic E-state index is 14.7. The number of fused-ring (bicyclic) bond motifs is 1. The van der Waals surface area contributed by atoms with Crippen LogP contribution < -0.4 is 0 Å². The van der Waals surface area contributed by atoms with E-state index in [9.17, 15) is 8.78 Å². The highest BCUT2D eigenvalue weighted by atomic mass is 79.9. The lowest BCUT2D eigenvalue weighted by Crippen LogP contribution is -1.93. The molecule has 4 rings (SSSR count). The molecular formula is C24H17BrF2S. The second-order valence-electron chi connectivity index (χ2n) is 6.60. The first-order valence-electron chi connectivity index (χ1n) is 8.82. The fourth-order valence-corrected chi connectivity index (χ4v) is 4.80. The summed E-state index contributed by atoms with van der Waals surface area (Å²) in [5, 5.41) is 1.95. The van der Waals surface area contributed by atoms with Gasteiger partial charge in [0, 0.05) is 20.5 Å². The van der Waals surface area contributed by atoms with Crippen molar-refractivity contribution in [3.05, 3.63) is 88.4 Å². The monoisotopic (exact) mass is 454 g/mol. The van der Waals surface area contributed by atoms with Gasteiger partial charge in [0.1, 0.15) is 11.6 Å². The number of benzene rings is 4. The van der Waals surface area contributed by atoms with E-state index < -0.39 is 0 Å². The van der Waals surface area contributed by atoms with E-state index in [1.54, 1.807) is 36.0 Å². The molecule has 28 heavy (non-hydrogen) atoms. The minimum Gasteiger partial charge on any atom is -0.206 e. The summed E-state index contributed by atoms with van der Waals surface area (Å²) in [5.41, 5.74) is 3.84. The summed E-state index contributed by atoms with van der Waals surface area (Å²) in [6, 6.07) is 19.7. The molecule has 4 aromatic carbocycles. The summed E-state index contributed by atoms with van der Waals surface area (Å²) in [4.78, 5) is 0.985. The number of aryl methyl sites for hydroxylation is 1. The Balaban J connectivity index is 2.06. The van der Waals surface area contributed by atoms with Crippen molar-refractivity contribution in [3.63, 3.8) is 0 Å². The lowest BCUT2D eigenvalue weighted by molar-refractivity contribution is 0.631. The quantitative estimate of drug-likeness (QED) is 0.280. The molecule has 0 saturated heterocycles. The Morgan fingerprint density at radius 2 is 1.46 bits per heavy atom. The van der Waals surface area contributed by atoms with Crippen LogP contribution in [0.4, 0.5) is 8.78 Å². The molecule has 0 aliphatic heterocycles. The lowest BCUT2D eigenvalue weighted by atomic mass is 9.91. The van der Waals surface area contributed by atoms with Gasteiger partial charge < -0.3 is 0 Å². The van der Waals surface area contributed by atoms with Crippen molar-refractivity contribution in [1.82, 2.24) is 0 Å². The van der Waals surface area contributed by atoms with Crippen LogP contribution >= 0.6 is 27.7 Å². The highest BCUT2D eigenvalue weighted by Gasteiger charge is 2.17. The molecule has 4 heteroatoms. The second-order valence-corrected chi connectivity index (χ2v) is 8.34. The Labute approximate surface area is 175 Å². The molecule has 0 fully saturated rings. The van der Waals surface area contributed by atoms with Crippen LogP contribution in [-0.4, -0.2) is 6.26 Å². The molecule has 0 nitrogen and oxygen atoms in total. The molecule has 0 atom stereocenters. The first-order chi connectivity index (χ1) is 13.5. The Morgan fingerprint density at radius 3 is 2.21 bits per heavy atom. The van der Waals surface area contributed by atoms with E-state index >= 15 is 0 Å². The van der Waals surface area contributed by atoms with E-state index in [-0.39, 0.29) is 11.6 Å². The van der Waals surface area contributed by atoms with Crippen molar-refractivity contribution in [2.75, 3.05) is 6.26 Å². The number of halogens is 3. The Kier molecular flexibility index (Phi) is 5.26. The molecule has 0 bridgehead atoms. The molecule has 0 heterocycles. The molecule has 0 aromatic heterocycles. The van der Waals surface area contributed by atoms with Crippen LogP contribution in [0.15, 0.2) is 76.1 Å². The van der Waals surface area contributed by atoms with Gasteiger partial charge in [-0.05, 0) is 64.9 Å². The summed E-state index contributed by atoms with van der Waals surface area (Å²) >= 11 is 5.02. The van der Waals surface area contributed by atoms with Crippen molar-refractivity contribution < 1.29 is 8.78 Å². The van der Waals surface area contributed by atoms with E-state index in [4.69, 9.17) is 0 Å². The first kappa shape index (κ1) is 19.2. The SMILES string of the molecule is CSc1c(-c2ccccc2F)ccc2c(-c3cc(Br)ccc3F)c(C)ccc12. The summed E-state index contributed by atoms with van der Waals surface area (Å²) in [6.07, 6.45) is 1.98. The Morgan fingerprint density at radius 1 is 0.750 bits per heavy atom. The highest BCUT2D eigenvalue weighted by molar-refractivity contribution is 9.10. The maximum atomic E-state index is 14.7. The number of rotatable bonds is 3. The minimum absolute atomic E-state index is 0.248. The van der Waals surface area contributed by atoms with E-state index in [0.717, 1.165) is 36.8 Å². The molecular weight excluding hydrogens is 438 g/mol. The predicted octanol–water partition coefficient (Wildman–Crippen LogP) is 8.24. The van der Waals surface area contributed by atoms with Crippen LogP contribution in [0.25, 0.3) is 33.0 Å². The fraction of sp³-hybridized carbons (Fsp3) is 0.0833. The first-order valence-corrected chi connectivity index (χ1v) is 10.8. The maximum Gasteiger partial charge on any atom is 0.131 e. The molecule has 140 valence electrons. The molecule has 0 aliphatic carbocycles. The zero-order valence-electron chi connectivity index (χ0n) is 15.4. The molecule has 0 unspecified atom stereocenters. The van der Waals surface area contributed by atoms with Crippen molar-refractivity contribution >= 4 is 38.5 Å². The van der Waals surface area contributed by atoms with Crippen molar-refractivity contribution in [1.29, 1.82) is 0 Å². The van der Waals surface area contributed by atoms with Gasteiger partial charge in [-0.3, -0.25) is 0 Å². The van der Waals surface area contributed by atoms with Gasteiger partial charge in [-0.1, -0.05) is 58.4 Å². The van der Waals surface area contributed by atoms with Crippen LogP contribution in [0.5, 0.6) is 0 Å². The van der Waals surface area contributed by atoms with Gasteiger partial charge in [-0.15, -0.1) is 11.8 Å². The smallest absolute Gasteiger partial charge is 0.131 e. The minimum atomic E-state index is -0.261. The Hall–Kier alpha value is -2.17. The molecule has 0 aliphatic rings. The van der Waals surface area contributed by atoms with Gasteiger partial charge in [-0.2, -0.15) is 0 Å². The predicted molar refractivity (Wildman–Crippen MR) is 119 cm³/mol. The van der Waals surface area contributed by atoms with Crippen LogP contribution in [0.1, 0.15) is 5.56 Å². The topological polar surface area (TPSA) is 0 Å². The summed E-state index contributed by atoms with van der Waals surface area (Å²) in [7, 11) is 0. The van der Waals surface area contributed by atoms with Gasteiger partial charge in [-0.25, -0.2) is 8.78 Å². The van der Waals surface area contributed by atoms with Crippen molar-refractivity contribution in [2.45, 2.75) is 11.8 Å². The summed E-state index contributed by atoms with van der Waals surface area (Å²) in [6.45, 7) is 1.98. The third kappa shape index (κ3) is 3.25. The third-order valence-electron chi connectivity index (χ3n) is 4.93. The molecule has 0 N–H and O–H groups in total. The lowest BCUT2D eigenvalue weighted by Gasteiger charge is -2.17. The molecule has 0 amide bonds. The fourth-order valence-electron chi connectivity index (χ4n) is 3.65. The Bertz CT molecular complexity index is 1200. The standard InChI is InChI=1S/C24H17BrF2S/c1-14-7-9-19-17(23(14)20-13-15(25)8-12-22(20)27)10-11-18(24(19)28-2)16-5-3-4-6-21(16)26/h3-13H,1-2H3. The van der Waals surface area contributed by atoms with Crippen LogP contribution in [0, 0.1) is 18.6 Å². The van der Waals surface area contributed by atoms with Crippen LogP contribution in [0.3, 0.4) is 0 Å². The van der Waals surface area contributed by atoms with E-state index in [2.05, 4.69) is 15.9 Å². The summed E-state index contributed by atoms with van der Waals surface area (Å²) < 4.78 is 29.9. The molecule has 0 saturated carbocycles. The van der Waals surface area contributed by atoms with Gasteiger partial charge in [0.05, 0.1) is 0 Å². The average molecular weight is 455 g/mol. The number of hydrogen-bond donors (Lipinski definition) is 0. The molecule has 0 spiro atoms. The molecule has 0 radical (unpaired) electrons. The molecule has 4 aromatic rings. The second kappa shape index (κ2) is 7.69. The van der Waals surface area contributed by atoms with Crippen molar-refractivity contribution in [2.24, 2.45) is 0 Å². The third-order valence-corrected chi connectivity index (χ3v) is 6.27. The normalized spacial score (nSPS) is 11.2. The van der Waals surface area contributed by atoms with Crippen molar-refractivity contribution in [3.8, 4) is 22.3 Å². The average Bonchev–Trinajstić information content (AvgIpc) is 2.69. The van der Waals surface area contributed by atoms with Gasteiger partial charge in [0.15, 0.2) is 0 Å². The van der Waals surface area contributed by atoms with Crippen LogP contribution in [-0.2, 0) is 0 Å². The van der Waals surface area contributed by atoms with E-state index in [0.29, 0.717) is 11.1 Å². The summed E-state index contributed by atoms with van der Waals surface area (Å²) in [5.74, 6) is -0.509. The highest BCUT2D eigenvalue weighted by Crippen LogP contribution is 2.42. The van der Waals surface area contributed by atoms with Crippen LogP contribution in [0.2, 0.25) is 0 Å². The number of hydrogen-bond acceptors (Lipinski definition) is 1. The van der Waals surface area contributed by atoms with Gasteiger partial charge in [0.2, 0.25) is 0 Å². The van der Waals surface area contributed by atoms with E-state index in [1.807, 2.05) is 43.5 Å². The zero-order valence-corrected chi connectivity index (χ0v) is 17.8. The van der Waals surface area contributed by atoms with Gasteiger partial charge in [0.25, 0.3) is 0 Å². The zero-order chi connectivity index (χ0) is 19.8. The number of thioether (sulfide) groups is 1. The largest absolute Gasteiger partial charge is 0.206 e. The van der Waals surface area contributed by atoms with E-state index in [1.165, 1.54) is 12.1 Å². The van der Waals surface area contributed by atoms with Gasteiger partial charge >= 0.3 is 0 Å².